The molecule has 2 aromatic carbocycles. The van der Waals surface area contributed by atoms with Crippen LogP contribution in [0, 0.1) is 13.8 Å². The van der Waals surface area contributed by atoms with Crippen molar-refractivity contribution in [3.63, 3.8) is 0 Å². The fourth-order valence-electron chi connectivity index (χ4n) is 3.80. The van der Waals surface area contributed by atoms with Gasteiger partial charge in [0.05, 0.1) is 11.9 Å². The van der Waals surface area contributed by atoms with Gasteiger partial charge in [-0.25, -0.2) is 8.42 Å². The number of aryl methyl sites for hydroxylation is 2. The summed E-state index contributed by atoms with van der Waals surface area (Å²) in [4.78, 5) is 28.1. The first-order chi connectivity index (χ1) is 15.8. The van der Waals surface area contributed by atoms with Crippen LogP contribution in [-0.4, -0.2) is 50.0 Å². The highest BCUT2D eigenvalue weighted by Gasteiger charge is 2.32. The van der Waals surface area contributed by atoms with Crippen molar-refractivity contribution in [2.24, 2.45) is 0 Å². The lowest BCUT2D eigenvalue weighted by atomic mass is 10.1. The molecule has 0 saturated carbocycles. The number of carbonyl (C=O) groups is 2. The van der Waals surface area contributed by atoms with Crippen LogP contribution in [0.2, 0.25) is 5.02 Å². The first kappa shape index (κ1) is 27.7. The number of hydrogen-bond donors (Lipinski definition) is 1. The van der Waals surface area contributed by atoms with Crippen molar-refractivity contribution < 1.29 is 18.0 Å². The molecule has 7 nitrogen and oxygen atoms in total. The molecule has 9 heteroatoms. The predicted octanol–water partition coefficient (Wildman–Crippen LogP) is 4.05. The van der Waals surface area contributed by atoms with E-state index in [1.54, 1.807) is 25.1 Å². The Hall–Kier alpha value is -2.58. The van der Waals surface area contributed by atoms with Crippen LogP contribution in [0.3, 0.4) is 0 Å². The molecule has 0 aromatic heterocycles. The van der Waals surface area contributed by atoms with Gasteiger partial charge in [0.25, 0.3) is 0 Å². The topological polar surface area (TPSA) is 86.8 Å². The maximum absolute atomic E-state index is 13.6. The van der Waals surface area contributed by atoms with Crippen LogP contribution in [0.4, 0.5) is 5.69 Å². The second-order valence-electron chi connectivity index (χ2n) is 8.80. The van der Waals surface area contributed by atoms with Gasteiger partial charge in [-0.05, 0) is 63.4 Å². The van der Waals surface area contributed by atoms with E-state index >= 15 is 0 Å². The first-order valence-corrected chi connectivity index (χ1v) is 13.4. The number of halogens is 1. The molecule has 0 aliphatic heterocycles. The van der Waals surface area contributed by atoms with Crippen molar-refractivity contribution in [2.75, 3.05) is 17.1 Å². The number of nitrogens with one attached hydrogen (secondary N) is 1. The Morgan fingerprint density at radius 1 is 1.09 bits per heavy atom. The van der Waals surface area contributed by atoms with Crippen LogP contribution < -0.4 is 9.62 Å². The molecule has 0 unspecified atom stereocenters. The number of anilines is 1. The molecule has 0 saturated heterocycles. The van der Waals surface area contributed by atoms with Gasteiger partial charge in [0.15, 0.2) is 0 Å². The van der Waals surface area contributed by atoms with Gasteiger partial charge in [-0.15, -0.1) is 0 Å². The van der Waals surface area contributed by atoms with Gasteiger partial charge in [0.1, 0.15) is 12.6 Å². The highest BCUT2D eigenvalue weighted by molar-refractivity contribution is 7.92. The van der Waals surface area contributed by atoms with Crippen molar-refractivity contribution >= 4 is 39.1 Å². The molecule has 0 radical (unpaired) electrons. The van der Waals surface area contributed by atoms with E-state index < -0.39 is 28.5 Å². The maximum atomic E-state index is 13.6. The largest absolute Gasteiger partial charge is 0.352 e. The van der Waals surface area contributed by atoms with E-state index in [1.165, 1.54) is 4.90 Å². The van der Waals surface area contributed by atoms with E-state index in [0.717, 1.165) is 21.7 Å². The Labute approximate surface area is 208 Å². The molecule has 0 bridgehead atoms. The second kappa shape index (κ2) is 11.7. The molecule has 1 atom stereocenters. The Balaban J connectivity index is 2.48. The molecule has 2 amide bonds. The van der Waals surface area contributed by atoms with Crippen LogP contribution in [0.5, 0.6) is 0 Å². The summed E-state index contributed by atoms with van der Waals surface area (Å²) in [5.41, 5.74) is 2.88. The quantitative estimate of drug-likeness (QED) is 0.525. The number of nitrogens with zero attached hydrogens (tertiary/aromatic N) is 2. The predicted molar refractivity (Wildman–Crippen MR) is 137 cm³/mol. The lowest BCUT2D eigenvalue weighted by molar-refractivity contribution is -0.140. The summed E-state index contributed by atoms with van der Waals surface area (Å²) < 4.78 is 26.5. The fourth-order valence-corrected chi connectivity index (χ4v) is 4.93. The number of hydrogen-bond acceptors (Lipinski definition) is 4. The third kappa shape index (κ3) is 7.46. The Kier molecular flexibility index (Phi) is 9.53. The number of rotatable bonds is 10. The normalized spacial score (nSPS) is 12.4. The molecule has 0 aliphatic carbocycles. The van der Waals surface area contributed by atoms with Gasteiger partial charge in [-0.2, -0.15) is 0 Å². The summed E-state index contributed by atoms with van der Waals surface area (Å²) in [6, 6.07) is 11.7. The molecule has 2 rings (SSSR count). The highest BCUT2D eigenvalue weighted by atomic mass is 35.5. The van der Waals surface area contributed by atoms with Crippen molar-refractivity contribution in [1.82, 2.24) is 10.2 Å². The minimum atomic E-state index is -3.79. The van der Waals surface area contributed by atoms with Gasteiger partial charge in [0, 0.05) is 17.6 Å². The summed E-state index contributed by atoms with van der Waals surface area (Å²) in [5.74, 6) is -0.737. The van der Waals surface area contributed by atoms with E-state index in [2.05, 4.69) is 5.32 Å². The zero-order chi connectivity index (χ0) is 25.6. The van der Waals surface area contributed by atoms with Gasteiger partial charge in [-0.1, -0.05) is 48.4 Å². The SMILES string of the molecule is CC[C@H](C(=O)NC(C)C)N(Cc1cccc(C)c1)C(=O)CN(c1ccc(Cl)cc1C)S(C)(=O)=O. The summed E-state index contributed by atoms with van der Waals surface area (Å²) >= 11 is 6.04. The average Bonchev–Trinajstić information content (AvgIpc) is 2.71. The lowest BCUT2D eigenvalue weighted by Gasteiger charge is -2.33. The summed E-state index contributed by atoms with van der Waals surface area (Å²) in [6.07, 6.45) is 1.44. The van der Waals surface area contributed by atoms with E-state index in [9.17, 15) is 18.0 Å². The monoisotopic (exact) mass is 507 g/mol. The molecule has 34 heavy (non-hydrogen) atoms. The smallest absolute Gasteiger partial charge is 0.244 e. The highest BCUT2D eigenvalue weighted by Crippen LogP contribution is 2.26. The zero-order valence-corrected chi connectivity index (χ0v) is 22.2. The second-order valence-corrected chi connectivity index (χ2v) is 11.1. The Morgan fingerprint density at radius 2 is 1.76 bits per heavy atom. The van der Waals surface area contributed by atoms with Crippen LogP contribution in [-0.2, 0) is 26.2 Å². The van der Waals surface area contributed by atoms with Gasteiger partial charge < -0.3 is 10.2 Å². The summed E-state index contributed by atoms with van der Waals surface area (Å²) in [7, 11) is -3.79. The van der Waals surface area contributed by atoms with Crippen LogP contribution in [0.1, 0.15) is 43.9 Å². The molecule has 186 valence electrons. The number of carbonyl (C=O) groups excluding carboxylic acids is 2. The molecule has 0 heterocycles. The van der Waals surface area contributed by atoms with Gasteiger partial charge in [-0.3, -0.25) is 13.9 Å². The van der Waals surface area contributed by atoms with E-state index in [1.807, 2.05) is 52.0 Å². The average molecular weight is 508 g/mol. The Bertz CT molecular complexity index is 1130. The third-order valence-corrected chi connectivity index (χ3v) is 6.72. The molecular formula is C25H34ClN3O4S. The number of benzene rings is 2. The Morgan fingerprint density at radius 3 is 2.29 bits per heavy atom. The third-order valence-electron chi connectivity index (χ3n) is 5.36. The molecule has 0 aliphatic rings. The van der Waals surface area contributed by atoms with E-state index in [0.29, 0.717) is 22.7 Å². The fraction of sp³-hybridized carbons (Fsp3) is 0.440. The molecule has 1 N–H and O–H groups in total. The molecule has 2 aromatic rings. The first-order valence-electron chi connectivity index (χ1n) is 11.2. The molecule has 0 fully saturated rings. The molecular weight excluding hydrogens is 474 g/mol. The van der Waals surface area contributed by atoms with Crippen molar-refractivity contribution in [2.45, 2.75) is 59.7 Å². The lowest BCUT2D eigenvalue weighted by Crippen LogP contribution is -2.53. The van der Waals surface area contributed by atoms with Crippen LogP contribution >= 0.6 is 11.6 Å². The maximum Gasteiger partial charge on any atom is 0.244 e. The van der Waals surface area contributed by atoms with Crippen LogP contribution in [0.15, 0.2) is 42.5 Å². The van der Waals surface area contributed by atoms with E-state index in [4.69, 9.17) is 11.6 Å². The number of amides is 2. The van der Waals surface area contributed by atoms with Crippen molar-refractivity contribution in [1.29, 1.82) is 0 Å². The van der Waals surface area contributed by atoms with E-state index in [-0.39, 0.29) is 18.5 Å². The van der Waals surface area contributed by atoms with Crippen molar-refractivity contribution in [3.05, 3.63) is 64.2 Å². The molecule has 0 spiro atoms. The summed E-state index contributed by atoms with van der Waals surface area (Å²) in [5, 5.41) is 3.35. The zero-order valence-electron chi connectivity index (χ0n) is 20.6. The minimum absolute atomic E-state index is 0.0956. The number of sulfonamides is 1. The van der Waals surface area contributed by atoms with Crippen molar-refractivity contribution in [3.8, 4) is 0 Å². The standard InChI is InChI=1S/C25H34ClN3O4S/c1-7-22(25(31)27-17(2)3)28(15-20-10-8-9-18(4)13-20)24(30)16-29(34(6,32)33)23-12-11-21(26)14-19(23)5/h8-14,17,22H,7,15-16H2,1-6H3,(H,27,31)/t22-/m1/s1. The minimum Gasteiger partial charge on any atom is -0.352 e. The van der Waals surface area contributed by atoms with Crippen LogP contribution in [0.25, 0.3) is 0 Å². The van der Waals surface area contributed by atoms with Gasteiger partial charge >= 0.3 is 0 Å². The summed E-state index contributed by atoms with van der Waals surface area (Å²) in [6.45, 7) is 8.98. The van der Waals surface area contributed by atoms with Gasteiger partial charge in [0.2, 0.25) is 21.8 Å².